The van der Waals surface area contributed by atoms with Gasteiger partial charge in [0.15, 0.2) is 23.0 Å². The maximum absolute atomic E-state index is 12.2. The number of unbranched alkanes of at least 4 members (excludes halogenated alkanes) is 1. The summed E-state index contributed by atoms with van der Waals surface area (Å²) in [6, 6.07) is 12.7. The Balaban J connectivity index is 1.56. The first-order valence-electron chi connectivity index (χ1n) is 9.23. The van der Waals surface area contributed by atoms with E-state index in [0.29, 0.717) is 29.6 Å². The zero-order valence-corrected chi connectivity index (χ0v) is 16.0. The lowest BCUT2D eigenvalue weighted by Crippen LogP contribution is -2.42. The summed E-state index contributed by atoms with van der Waals surface area (Å²) >= 11 is 0. The van der Waals surface area contributed by atoms with Crippen molar-refractivity contribution < 1.29 is 23.7 Å². The Morgan fingerprint density at radius 3 is 2.86 bits per heavy atom. The maximum atomic E-state index is 12.2. The third kappa shape index (κ3) is 4.94. The molecule has 0 saturated heterocycles. The van der Waals surface area contributed by atoms with Crippen LogP contribution in [-0.2, 0) is 4.79 Å². The summed E-state index contributed by atoms with van der Waals surface area (Å²) in [6.45, 7) is 2.89. The number of hydrogen-bond acceptors (Lipinski definition) is 6. The molecule has 7 nitrogen and oxygen atoms in total. The standard InChI is InChI=1S/C21H24N2O5/c1-3-4-11-26-17-10-9-15(12-19(17)25-2)13-22-23-21(24)20-14-27-16-7-5-6-8-18(16)28-20/h5-10,12-13,20H,3-4,11,14H2,1-2H3,(H,23,24)/b22-13-/t20-/m1/s1. The third-order valence-electron chi connectivity index (χ3n) is 4.13. The predicted octanol–water partition coefficient (Wildman–Crippen LogP) is 3.16. The van der Waals surface area contributed by atoms with Crippen LogP contribution in [0.4, 0.5) is 0 Å². The molecule has 0 aliphatic carbocycles. The summed E-state index contributed by atoms with van der Waals surface area (Å²) < 4.78 is 22.3. The second-order valence-electron chi connectivity index (χ2n) is 6.21. The Hall–Kier alpha value is -3.22. The van der Waals surface area contributed by atoms with E-state index in [2.05, 4.69) is 17.5 Å². The molecule has 28 heavy (non-hydrogen) atoms. The summed E-state index contributed by atoms with van der Waals surface area (Å²) in [7, 11) is 1.59. The van der Waals surface area contributed by atoms with Gasteiger partial charge in [0.1, 0.15) is 6.61 Å². The van der Waals surface area contributed by atoms with Crippen molar-refractivity contribution in [3.8, 4) is 23.0 Å². The number of rotatable bonds is 8. The fourth-order valence-corrected chi connectivity index (χ4v) is 2.60. The minimum absolute atomic E-state index is 0.135. The van der Waals surface area contributed by atoms with E-state index in [1.807, 2.05) is 24.3 Å². The molecule has 0 spiro atoms. The second kappa shape index (κ2) is 9.64. The molecular formula is C21H24N2O5. The monoisotopic (exact) mass is 384 g/mol. The van der Waals surface area contributed by atoms with Crippen LogP contribution < -0.4 is 24.4 Å². The van der Waals surface area contributed by atoms with Crippen LogP contribution in [0.25, 0.3) is 0 Å². The fraction of sp³-hybridized carbons (Fsp3) is 0.333. The summed E-state index contributed by atoms with van der Waals surface area (Å²) in [5.41, 5.74) is 3.25. The average Bonchev–Trinajstić information content (AvgIpc) is 2.74. The summed E-state index contributed by atoms with van der Waals surface area (Å²) in [4.78, 5) is 12.2. The van der Waals surface area contributed by atoms with Gasteiger partial charge in [-0.2, -0.15) is 5.10 Å². The highest BCUT2D eigenvalue weighted by Gasteiger charge is 2.26. The topological polar surface area (TPSA) is 78.4 Å². The van der Waals surface area contributed by atoms with Crippen molar-refractivity contribution in [3.63, 3.8) is 0 Å². The van der Waals surface area contributed by atoms with E-state index in [9.17, 15) is 4.79 Å². The van der Waals surface area contributed by atoms with E-state index in [4.69, 9.17) is 18.9 Å². The molecule has 1 atom stereocenters. The van der Waals surface area contributed by atoms with Gasteiger partial charge in [0.25, 0.3) is 5.91 Å². The molecule has 0 saturated carbocycles. The van der Waals surface area contributed by atoms with Gasteiger partial charge in [-0.3, -0.25) is 4.79 Å². The maximum Gasteiger partial charge on any atom is 0.284 e. The number of hydrazone groups is 1. The lowest BCUT2D eigenvalue weighted by atomic mass is 10.2. The third-order valence-corrected chi connectivity index (χ3v) is 4.13. The van der Waals surface area contributed by atoms with Gasteiger partial charge in [-0.25, -0.2) is 5.43 Å². The highest BCUT2D eigenvalue weighted by atomic mass is 16.6. The number of carbonyl (C=O) groups excluding carboxylic acids is 1. The Morgan fingerprint density at radius 2 is 2.07 bits per heavy atom. The molecule has 0 bridgehead atoms. The molecule has 148 valence electrons. The zero-order valence-electron chi connectivity index (χ0n) is 16.0. The first-order valence-corrected chi connectivity index (χ1v) is 9.23. The van der Waals surface area contributed by atoms with Gasteiger partial charge in [-0.05, 0) is 42.3 Å². The summed E-state index contributed by atoms with van der Waals surface area (Å²) in [6.07, 6.45) is 2.83. The van der Waals surface area contributed by atoms with E-state index in [1.54, 1.807) is 25.3 Å². The Morgan fingerprint density at radius 1 is 1.25 bits per heavy atom. The van der Waals surface area contributed by atoms with Gasteiger partial charge in [0.05, 0.1) is 19.9 Å². The highest BCUT2D eigenvalue weighted by Crippen LogP contribution is 2.31. The van der Waals surface area contributed by atoms with Gasteiger partial charge in [0, 0.05) is 0 Å². The number of fused-ring (bicyclic) bond motifs is 1. The van der Waals surface area contributed by atoms with Gasteiger partial charge < -0.3 is 18.9 Å². The number of benzene rings is 2. The number of methoxy groups -OCH3 is 1. The lowest BCUT2D eigenvalue weighted by Gasteiger charge is -2.24. The Kier molecular flexibility index (Phi) is 6.73. The fourth-order valence-electron chi connectivity index (χ4n) is 2.60. The van der Waals surface area contributed by atoms with Crippen molar-refractivity contribution in [2.24, 2.45) is 5.10 Å². The van der Waals surface area contributed by atoms with Crippen LogP contribution in [0.2, 0.25) is 0 Å². The second-order valence-corrected chi connectivity index (χ2v) is 6.21. The summed E-state index contributed by atoms with van der Waals surface area (Å²) in [5.74, 6) is 2.09. The average molecular weight is 384 g/mol. The molecule has 0 unspecified atom stereocenters. The first kappa shape index (κ1) is 19.5. The molecule has 3 rings (SSSR count). The molecule has 2 aromatic rings. The zero-order chi connectivity index (χ0) is 19.8. The van der Waals surface area contributed by atoms with E-state index in [-0.39, 0.29) is 12.5 Å². The largest absolute Gasteiger partial charge is 0.493 e. The van der Waals surface area contributed by atoms with Crippen molar-refractivity contribution >= 4 is 12.1 Å². The smallest absolute Gasteiger partial charge is 0.284 e. The number of amides is 1. The van der Waals surface area contributed by atoms with Gasteiger partial charge in [0.2, 0.25) is 6.10 Å². The highest BCUT2D eigenvalue weighted by molar-refractivity contribution is 5.85. The van der Waals surface area contributed by atoms with Gasteiger partial charge in [-0.1, -0.05) is 25.5 Å². The van der Waals surface area contributed by atoms with E-state index < -0.39 is 6.10 Å². The van der Waals surface area contributed by atoms with Crippen molar-refractivity contribution in [1.82, 2.24) is 5.43 Å². The molecule has 1 aliphatic rings. The SMILES string of the molecule is CCCCOc1ccc(/C=N\NC(=O)[C@H]2COc3ccccc3O2)cc1OC. The number of carbonyl (C=O) groups is 1. The summed E-state index contributed by atoms with van der Waals surface area (Å²) in [5, 5.41) is 4.00. The minimum atomic E-state index is -0.754. The van der Waals surface area contributed by atoms with Crippen LogP contribution in [0.1, 0.15) is 25.3 Å². The molecule has 7 heteroatoms. The Labute approximate surface area is 164 Å². The van der Waals surface area contributed by atoms with E-state index in [0.717, 1.165) is 18.4 Å². The van der Waals surface area contributed by atoms with Crippen LogP contribution in [0.5, 0.6) is 23.0 Å². The molecule has 1 aliphatic heterocycles. The Bertz CT molecular complexity index is 837. The molecule has 0 radical (unpaired) electrons. The molecular weight excluding hydrogens is 360 g/mol. The quantitative estimate of drug-likeness (QED) is 0.430. The van der Waals surface area contributed by atoms with Crippen LogP contribution >= 0.6 is 0 Å². The van der Waals surface area contributed by atoms with Crippen LogP contribution in [0.3, 0.4) is 0 Å². The number of nitrogens with zero attached hydrogens (tertiary/aromatic N) is 1. The van der Waals surface area contributed by atoms with Crippen molar-refractivity contribution in [2.45, 2.75) is 25.9 Å². The molecule has 2 aromatic carbocycles. The lowest BCUT2D eigenvalue weighted by molar-refractivity contribution is -0.130. The van der Waals surface area contributed by atoms with Gasteiger partial charge in [-0.15, -0.1) is 0 Å². The van der Waals surface area contributed by atoms with E-state index in [1.165, 1.54) is 6.21 Å². The minimum Gasteiger partial charge on any atom is -0.493 e. The molecule has 1 heterocycles. The van der Waals surface area contributed by atoms with Gasteiger partial charge >= 0.3 is 0 Å². The van der Waals surface area contributed by atoms with E-state index >= 15 is 0 Å². The van der Waals surface area contributed by atoms with Crippen LogP contribution in [-0.4, -0.2) is 38.5 Å². The predicted molar refractivity (Wildman–Crippen MR) is 105 cm³/mol. The number of hydrogen-bond donors (Lipinski definition) is 1. The molecule has 1 amide bonds. The molecule has 1 N–H and O–H groups in total. The number of para-hydroxylation sites is 2. The molecule has 0 aromatic heterocycles. The number of nitrogens with one attached hydrogen (secondary N) is 1. The number of ether oxygens (including phenoxy) is 4. The normalized spacial score (nSPS) is 15.3. The van der Waals surface area contributed by atoms with Crippen LogP contribution in [0.15, 0.2) is 47.6 Å². The van der Waals surface area contributed by atoms with Crippen molar-refractivity contribution in [3.05, 3.63) is 48.0 Å². The van der Waals surface area contributed by atoms with Crippen molar-refractivity contribution in [2.75, 3.05) is 20.3 Å². The van der Waals surface area contributed by atoms with Crippen molar-refractivity contribution in [1.29, 1.82) is 0 Å². The van der Waals surface area contributed by atoms with Crippen LogP contribution in [0, 0.1) is 0 Å². The first-order chi connectivity index (χ1) is 13.7. The molecule has 0 fully saturated rings.